The van der Waals surface area contributed by atoms with E-state index in [0.717, 1.165) is 30.6 Å². The van der Waals surface area contributed by atoms with Crippen LogP contribution in [0.25, 0.3) is 0 Å². The topological polar surface area (TPSA) is 29.5 Å². The van der Waals surface area contributed by atoms with Gasteiger partial charge in [-0.25, -0.2) is 0 Å². The van der Waals surface area contributed by atoms with Gasteiger partial charge in [0.2, 0.25) is 0 Å². The van der Waals surface area contributed by atoms with Crippen molar-refractivity contribution in [2.45, 2.75) is 32.0 Å². The molecule has 2 heteroatoms. The van der Waals surface area contributed by atoms with E-state index in [4.69, 9.17) is 4.74 Å². The molecular weight excluding hydrogens is 212 g/mol. The molecule has 88 valence electrons. The van der Waals surface area contributed by atoms with Gasteiger partial charge in [0.05, 0.1) is 6.10 Å². The summed E-state index contributed by atoms with van der Waals surface area (Å²) in [6.45, 7) is 0.597. The molecule has 1 aromatic rings. The van der Waals surface area contributed by atoms with Crippen molar-refractivity contribution < 1.29 is 9.84 Å². The van der Waals surface area contributed by atoms with E-state index in [1.54, 1.807) is 0 Å². The van der Waals surface area contributed by atoms with Gasteiger partial charge < -0.3 is 9.84 Å². The molecule has 0 saturated heterocycles. The molecule has 0 heterocycles. The average molecular weight is 228 g/mol. The normalized spacial score (nSPS) is 22.6. The molecule has 0 spiro atoms. The van der Waals surface area contributed by atoms with Crippen LogP contribution in [0.3, 0.4) is 0 Å². The summed E-state index contributed by atoms with van der Waals surface area (Å²) in [6, 6.07) is 10.1. The van der Waals surface area contributed by atoms with E-state index >= 15 is 0 Å². The smallest absolute Gasteiger partial charge is 0.113 e. The lowest BCUT2D eigenvalue weighted by Gasteiger charge is -2.34. The molecule has 0 unspecified atom stereocenters. The first-order valence-corrected chi connectivity index (χ1v) is 6.12. The minimum Gasteiger partial charge on any atom is -0.493 e. The number of rotatable bonds is 3. The fraction of sp³-hybridized carbons (Fsp3) is 0.333. The van der Waals surface area contributed by atoms with Gasteiger partial charge in [-0.2, -0.15) is 0 Å². The van der Waals surface area contributed by atoms with Crippen LogP contribution < -0.4 is 0 Å². The highest BCUT2D eigenvalue weighted by Crippen LogP contribution is 2.41. The van der Waals surface area contributed by atoms with Gasteiger partial charge in [-0.15, -0.1) is 0 Å². The van der Waals surface area contributed by atoms with E-state index in [1.165, 1.54) is 11.1 Å². The first-order valence-electron chi connectivity index (χ1n) is 6.12. The first-order chi connectivity index (χ1) is 8.34. The molecule has 0 radical (unpaired) electrons. The number of aliphatic hydroxyl groups excluding tert-OH is 1. The molecule has 0 bridgehead atoms. The first kappa shape index (κ1) is 10.6. The Kier molecular flexibility index (Phi) is 2.73. The average Bonchev–Trinajstić information content (AvgIpc) is 2.36. The maximum atomic E-state index is 9.73. The third-order valence-electron chi connectivity index (χ3n) is 3.41. The summed E-state index contributed by atoms with van der Waals surface area (Å²) in [5, 5.41) is 9.73. The van der Waals surface area contributed by atoms with Gasteiger partial charge in [0.1, 0.15) is 12.4 Å². The second kappa shape index (κ2) is 4.38. The minimum absolute atomic E-state index is 0.299. The predicted molar refractivity (Wildman–Crippen MR) is 66.2 cm³/mol. The molecule has 0 aliphatic heterocycles. The Morgan fingerprint density at radius 3 is 2.82 bits per heavy atom. The fourth-order valence-electron chi connectivity index (χ4n) is 2.47. The quantitative estimate of drug-likeness (QED) is 0.862. The van der Waals surface area contributed by atoms with Gasteiger partial charge in [0, 0.05) is 18.4 Å². The molecular formula is C15H16O2. The zero-order chi connectivity index (χ0) is 11.7. The highest BCUT2D eigenvalue weighted by Gasteiger charge is 2.33. The van der Waals surface area contributed by atoms with Crippen molar-refractivity contribution in [1.82, 2.24) is 0 Å². The Labute approximate surface area is 101 Å². The molecule has 1 saturated carbocycles. The van der Waals surface area contributed by atoms with E-state index in [0.29, 0.717) is 6.61 Å². The van der Waals surface area contributed by atoms with Gasteiger partial charge in [-0.05, 0) is 17.6 Å². The van der Waals surface area contributed by atoms with Gasteiger partial charge in [-0.3, -0.25) is 0 Å². The van der Waals surface area contributed by atoms with Crippen LogP contribution in [0.1, 0.15) is 24.8 Å². The summed E-state index contributed by atoms with van der Waals surface area (Å²) < 4.78 is 5.85. The lowest BCUT2D eigenvalue weighted by atomic mass is 9.77. The van der Waals surface area contributed by atoms with Crippen molar-refractivity contribution in [3.05, 3.63) is 58.9 Å². The minimum atomic E-state index is -0.299. The monoisotopic (exact) mass is 228 g/mol. The number of hydrogen-bond acceptors (Lipinski definition) is 2. The van der Waals surface area contributed by atoms with Gasteiger partial charge in [0.15, 0.2) is 0 Å². The molecule has 2 aliphatic rings. The van der Waals surface area contributed by atoms with Crippen LogP contribution in [-0.2, 0) is 11.3 Å². The van der Waals surface area contributed by atoms with Gasteiger partial charge in [-0.1, -0.05) is 36.4 Å². The molecule has 17 heavy (non-hydrogen) atoms. The Morgan fingerprint density at radius 1 is 1.24 bits per heavy atom. The third kappa shape index (κ3) is 2.01. The summed E-state index contributed by atoms with van der Waals surface area (Å²) in [6.07, 6.45) is 4.68. The van der Waals surface area contributed by atoms with Crippen molar-refractivity contribution >= 4 is 0 Å². The van der Waals surface area contributed by atoms with Crippen LogP contribution in [-0.4, -0.2) is 11.2 Å². The summed E-state index contributed by atoms with van der Waals surface area (Å²) in [7, 11) is 0. The van der Waals surface area contributed by atoms with Crippen LogP contribution in [0.4, 0.5) is 0 Å². The number of benzene rings is 1. The highest BCUT2D eigenvalue weighted by molar-refractivity contribution is 5.48. The molecule has 2 aliphatic carbocycles. The van der Waals surface area contributed by atoms with Crippen molar-refractivity contribution in [2.75, 3.05) is 0 Å². The van der Waals surface area contributed by atoms with E-state index < -0.39 is 0 Å². The second-order valence-corrected chi connectivity index (χ2v) is 4.60. The Balaban J connectivity index is 1.71. The number of fused-ring (bicyclic) bond motifs is 1. The van der Waals surface area contributed by atoms with E-state index in [1.807, 2.05) is 18.2 Å². The van der Waals surface area contributed by atoms with Crippen LogP contribution in [0.5, 0.6) is 0 Å². The molecule has 1 N–H and O–H groups in total. The van der Waals surface area contributed by atoms with E-state index in [-0.39, 0.29) is 6.10 Å². The van der Waals surface area contributed by atoms with Gasteiger partial charge >= 0.3 is 0 Å². The van der Waals surface area contributed by atoms with Gasteiger partial charge in [0.25, 0.3) is 0 Å². The SMILES string of the molecule is O[C@@H]1CC2=CCCC(OCc3ccccc3)=C21. The van der Waals surface area contributed by atoms with Crippen molar-refractivity contribution in [3.63, 3.8) is 0 Å². The van der Waals surface area contributed by atoms with Crippen molar-refractivity contribution in [3.8, 4) is 0 Å². The van der Waals surface area contributed by atoms with Crippen LogP contribution in [0.2, 0.25) is 0 Å². The molecule has 1 aromatic carbocycles. The van der Waals surface area contributed by atoms with Crippen LogP contribution in [0, 0.1) is 0 Å². The molecule has 2 nitrogen and oxygen atoms in total. The highest BCUT2D eigenvalue weighted by atomic mass is 16.5. The zero-order valence-corrected chi connectivity index (χ0v) is 9.73. The summed E-state index contributed by atoms with van der Waals surface area (Å²) in [5.74, 6) is 0.991. The summed E-state index contributed by atoms with van der Waals surface area (Å²) in [4.78, 5) is 0. The predicted octanol–water partition coefficient (Wildman–Crippen LogP) is 2.94. The third-order valence-corrected chi connectivity index (χ3v) is 3.41. The lowest BCUT2D eigenvalue weighted by molar-refractivity contribution is 0.142. The molecule has 1 fully saturated rings. The Bertz CT molecular complexity index is 471. The lowest BCUT2D eigenvalue weighted by Crippen LogP contribution is -2.28. The zero-order valence-electron chi connectivity index (χ0n) is 9.73. The molecule has 3 rings (SSSR count). The maximum Gasteiger partial charge on any atom is 0.113 e. The molecule has 0 aromatic heterocycles. The standard InChI is InChI=1S/C15H16O2/c16-13-9-12-7-4-8-14(15(12)13)17-10-11-5-2-1-3-6-11/h1-3,5-7,13,16H,4,8-10H2/t13-/m1/s1. The summed E-state index contributed by atoms with van der Waals surface area (Å²) >= 11 is 0. The largest absolute Gasteiger partial charge is 0.493 e. The number of ether oxygens (including phenoxy) is 1. The van der Waals surface area contributed by atoms with Crippen LogP contribution in [0.15, 0.2) is 53.3 Å². The Hall–Kier alpha value is -1.54. The van der Waals surface area contributed by atoms with Crippen LogP contribution >= 0.6 is 0 Å². The Morgan fingerprint density at radius 2 is 2.06 bits per heavy atom. The van der Waals surface area contributed by atoms with E-state index in [2.05, 4.69) is 18.2 Å². The second-order valence-electron chi connectivity index (χ2n) is 4.60. The summed E-state index contributed by atoms with van der Waals surface area (Å²) in [5.41, 5.74) is 3.50. The number of allylic oxidation sites excluding steroid dienone is 2. The van der Waals surface area contributed by atoms with Crippen molar-refractivity contribution in [1.29, 1.82) is 0 Å². The fourth-order valence-corrected chi connectivity index (χ4v) is 2.47. The maximum absolute atomic E-state index is 9.73. The van der Waals surface area contributed by atoms with E-state index in [9.17, 15) is 5.11 Å². The molecule has 1 atom stereocenters. The molecule has 0 amide bonds. The number of hydrogen-bond donors (Lipinski definition) is 1. The number of aliphatic hydroxyl groups is 1. The van der Waals surface area contributed by atoms with Crippen molar-refractivity contribution in [2.24, 2.45) is 0 Å².